The topological polar surface area (TPSA) is 37.8 Å². The van der Waals surface area contributed by atoms with E-state index in [4.69, 9.17) is 0 Å². The fourth-order valence-electron chi connectivity index (χ4n) is 1.30. The van der Waals surface area contributed by atoms with Crippen LogP contribution in [0.4, 0.5) is 0 Å². The monoisotopic (exact) mass is 181 g/mol. The summed E-state index contributed by atoms with van der Waals surface area (Å²) in [5.74, 6) is 1.86. The quantitative estimate of drug-likeness (QED) is 0.737. The highest BCUT2D eigenvalue weighted by molar-refractivity contribution is 7.97. The first-order valence-corrected chi connectivity index (χ1v) is 5.33. The van der Waals surface area contributed by atoms with E-state index in [1.165, 1.54) is 11.3 Å². The van der Waals surface area contributed by atoms with Crippen LogP contribution in [0.5, 0.6) is 0 Å². The Morgan fingerprint density at radius 3 is 3.33 bits per heavy atom. The highest BCUT2D eigenvalue weighted by atomic mass is 32.2. The second-order valence-electron chi connectivity index (χ2n) is 2.79. The highest BCUT2D eigenvalue weighted by Gasteiger charge is 2.11. The summed E-state index contributed by atoms with van der Waals surface area (Å²) in [4.78, 5) is 8.72. The maximum absolute atomic E-state index is 4.45. The van der Waals surface area contributed by atoms with Crippen molar-refractivity contribution in [2.24, 2.45) is 0 Å². The van der Waals surface area contributed by atoms with Crippen molar-refractivity contribution in [2.45, 2.75) is 18.8 Å². The van der Waals surface area contributed by atoms with E-state index in [1.807, 2.05) is 6.20 Å². The van der Waals surface area contributed by atoms with E-state index in [0.29, 0.717) is 0 Å². The second kappa shape index (κ2) is 3.41. The van der Waals surface area contributed by atoms with Crippen molar-refractivity contribution in [3.8, 4) is 0 Å². The van der Waals surface area contributed by atoms with Crippen LogP contribution >= 0.6 is 11.8 Å². The van der Waals surface area contributed by atoms with Crippen LogP contribution in [0.3, 0.4) is 0 Å². The van der Waals surface area contributed by atoms with E-state index in [-0.39, 0.29) is 0 Å². The summed E-state index contributed by atoms with van der Waals surface area (Å²) >= 11 is 1.75. The average molecular weight is 181 g/mol. The molecule has 12 heavy (non-hydrogen) atoms. The van der Waals surface area contributed by atoms with Gasteiger partial charge in [-0.3, -0.25) is 0 Å². The first-order chi connectivity index (χ1) is 5.90. The largest absolute Gasteiger partial charge is 0.307 e. The minimum absolute atomic E-state index is 0.902. The second-order valence-corrected chi connectivity index (χ2v) is 3.66. The molecule has 0 radical (unpaired) electrons. The summed E-state index contributed by atoms with van der Waals surface area (Å²) in [5, 5.41) is 3.25. The molecule has 1 aliphatic rings. The molecule has 0 amide bonds. The van der Waals surface area contributed by atoms with Gasteiger partial charge in [0.05, 0.1) is 11.4 Å². The van der Waals surface area contributed by atoms with Crippen molar-refractivity contribution in [3.05, 3.63) is 23.3 Å². The minimum Gasteiger partial charge on any atom is -0.307 e. The molecular formula is C8H11N3S. The van der Waals surface area contributed by atoms with Gasteiger partial charge in [0.2, 0.25) is 0 Å². The van der Waals surface area contributed by atoms with E-state index in [9.17, 15) is 0 Å². The summed E-state index contributed by atoms with van der Waals surface area (Å²) in [6.45, 7) is 1.83. The number of hydrogen-bond acceptors (Lipinski definition) is 4. The van der Waals surface area contributed by atoms with Crippen LogP contribution in [0.25, 0.3) is 0 Å². The van der Waals surface area contributed by atoms with Crippen LogP contribution in [0.2, 0.25) is 0 Å². The maximum Gasteiger partial charge on any atom is 0.138 e. The number of fused-ring (bicyclic) bond motifs is 1. The Labute approximate surface area is 76.0 Å². The number of hydrogen-bond donors (Lipinski definition) is 1. The van der Waals surface area contributed by atoms with E-state index in [1.54, 1.807) is 11.8 Å². The SMILES string of the molecule is CSCc1ncc2c(n1)CNC2. The molecule has 0 fully saturated rings. The van der Waals surface area contributed by atoms with E-state index < -0.39 is 0 Å². The summed E-state index contributed by atoms with van der Waals surface area (Å²) in [5.41, 5.74) is 2.42. The fourth-order valence-corrected chi connectivity index (χ4v) is 1.70. The zero-order valence-corrected chi connectivity index (χ0v) is 7.82. The first-order valence-electron chi connectivity index (χ1n) is 3.93. The predicted molar refractivity (Wildman–Crippen MR) is 49.8 cm³/mol. The molecule has 2 heterocycles. The summed E-state index contributed by atoms with van der Waals surface area (Å²) in [6.07, 6.45) is 4.00. The maximum atomic E-state index is 4.45. The number of nitrogens with one attached hydrogen (secondary N) is 1. The molecular weight excluding hydrogens is 170 g/mol. The Morgan fingerprint density at radius 1 is 1.58 bits per heavy atom. The Morgan fingerprint density at radius 2 is 2.50 bits per heavy atom. The van der Waals surface area contributed by atoms with Crippen molar-refractivity contribution in [2.75, 3.05) is 6.26 Å². The number of thioether (sulfide) groups is 1. The molecule has 0 unspecified atom stereocenters. The van der Waals surface area contributed by atoms with Crippen molar-refractivity contribution in [1.82, 2.24) is 15.3 Å². The third-order valence-electron chi connectivity index (χ3n) is 1.89. The molecule has 0 spiro atoms. The van der Waals surface area contributed by atoms with Crippen LogP contribution < -0.4 is 5.32 Å². The van der Waals surface area contributed by atoms with Crippen LogP contribution in [-0.4, -0.2) is 16.2 Å². The standard InChI is InChI=1S/C8H11N3S/c1-12-5-8-10-3-6-2-9-4-7(6)11-8/h3,9H,2,4-5H2,1H3. The molecule has 0 aliphatic carbocycles. The normalized spacial score (nSPS) is 14.8. The Bertz CT molecular complexity index is 288. The molecule has 0 bridgehead atoms. The molecule has 1 aliphatic heterocycles. The lowest BCUT2D eigenvalue weighted by atomic mass is 10.3. The lowest BCUT2D eigenvalue weighted by Crippen LogP contribution is -2.00. The molecule has 0 saturated heterocycles. The smallest absolute Gasteiger partial charge is 0.138 e. The van der Waals surface area contributed by atoms with Gasteiger partial charge in [-0.25, -0.2) is 9.97 Å². The molecule has 0 aromatic carbocycles. The Kier molecular flexibility index (Phi) is 2.28. The third kappa shape index (κ3) is 1.44. The van der Waals surface area contributed by atoms with Crippen LogP contribution in [-0.2, 0) is 18.8 Å². The van der Waals surface area contributed by atoms with Crippen molar-refractivity contribution >= 4 is 11.8 Å². The number of aromatic nitrogens is 2. The minimum atomic E-state index is 0.902. The highest BCUT2D eigenvalue weighted by Crippen LogP contribution is 2.12. The van der Waals surface area contributed by atoms with Gasteiger partial charge in [0.15, 0.2) is 0 Å². The predicted octanol–water partition coefficient (Wildman–Crippen LogP) is 0.943. The lowest BCUT2D eigenvalue weighted by molar-refractivity contribution is 0.756. The van der Waals surface area contributed by atoms with Gasteiger partial charge in [-0.05, 0) is 6.26 Å². The Balaban J connectivity index is 2.26. The van der Waals surface area contributed by atoms with Gasteiger partial charge >= 0.3 is 0 Å². The number of nitrogens with zero attached hydrogens (tertiary/aromatic N) is 2. The molecule has 3 nitrogen and oxygen atoms in total. The van der Waals surface area contributed by atoms with Gasteiger partial charge in [0.1, 0.15) is 5.82 Å². The van der Waals surface area contributed by atoms with Gasteiger partial charge < -0.3 is 5.32 Å². The van der Waals surface area contributed by atoms with Crippen molar-refractivity contribution < 1.29 is 0 Å². The number of rotatable bonds is 2. The summed E-state index contributed by atoms with van der Waals surface area (Å²) < 4.78 is 0. The van der Waals surface area contributed by atoms with E-state index in [0.717, 1.165) is 24.7 Å². The molecule has 64 valence electrons. The van der Waals surface area contributed by atoms with Crippen LogP contribution in [0.1, 0.15) is 17.1 Å². The Hall–Kier alpha value is -0.610. The molecule has 4 heteroatoms. The third-order valence-corrected chi connectivity index (χ3v) is 2.43. The van der Waals surface area contributed by atoms with Gasteiger partial charge in [0, 0.05) is 24.8 Å². The zero-order chi connectivity index (χ0) is 8.39. The van der Waals surface area contributed by atoms with Gasteiger partial charge in [-0.15, -0.1) is 0 Å². The molecule has 1 aromatic rings. The molecule has 2 rings (SSSR count). The summed E-state index contributed by atoms with van der Waals surface area (Å²) in [7, 11) is 0. The molecule has 1 aromatic heterocycles. The van der Waals surface area contributed by atoms with Crippen LogP contribution in [0.15, 0.2) is 6.20 Å². The van der Waals surface area contributed by atoms with Crippen LogP contribution in [0, 0.1) is 0 Å². The van der Waals surface area contributed by atoms with Crippen molar-refractivity contribution in [1.29, 1.82) is 0 Å². The zero-order valence-electron chi connectivity index (χ0n) is 7.00. The van der Waals surface area contributed by atoms with Gasteiger partial charge in [-0.1, -0.05) is 0 Å². The van der Waals surface area contributed by atoms with E-state index >= 15 is 0 Å². The van der Waals surface area contributed by atoms with E-state index in [2.05, 4.69) is 21.5 Å². The van der Waals surface area contributed by atoms with Gasteiger partial charge in [0.25, 0.3) is 0 Å². The fraction of sp³-hybridized carbons (Fsp3) is 0.500. The first kappa shape index (κ1) is 8.01. The molecule has 0 saturated carbocycles. The average Bonchev–Trinajstić information content (AvgIpc) is 2.51. The molecule has 0 atom stereocenters. The molecule has 1 N–H and O–H groups in total. The lowest BCUT2D eigenvalue weighted by Gasteiger charge is -1.99. The van der Waals surface area contributed by atoms with Gasteiger partial charge in [-0.2, -0.15) is 11.8 Å². The van der Waals surface area contributed by atoms with Crippen molar-refractivity contribution in [3.63, 3.8) is 0 Å². The summed E-state index contributed by atoms with van der Waals surface area (Å²) in [6, 6.07) is 0.